The fourth-order valence-corrected chi connectivity index (χ4v) is 3.94. The Morgan fingerprint density at radius 2 is 1.83 bits per heavy atom. The van der Waals surface area contributed by atoms with Crippen molar-refractivity contribution in [3.8, 4) is 5.75 Å². The Morgan fingerprint density at radius 3 is 2.50 bits per heavy atom. The molecule has 0 aromatic heterocycles. The second kappa shape index (κ2) is 7.11. The summed E-state index contributed by atoms with van der Waals surface area (Å²) in [4.78, 5) is 15.9. The topological polar surface area (TPSA) is 44.8 Å². The molecular weight excluding hydrogens is 395 g/mol. The molecule has 1 fully saturated rings. The molecule has 0 atom stereocenters. The highest BCUT2D eigenvalue weighted by Crippen LogP contribution is 2.44. The lowest BCUT2D eigenvalue weighted by molar-refractivity contribution is -0.137. The number of carbonyl (C=O) groups excluding carboxylic acids is 1. The number of fused-ring (bicyclic) bond motifs is 1. The van der Waals surface area contributed by atoms with Gasteiger partial charge in [0.1, 0.15) is 11.4 Å². The van der Waals surface area contributed by atoms with Crippen LogP contribution in [0.5, 0.6) is 5.75 Å². The summed E-state index contributed by atoms with van der Waals surface area (Å²) in [7, 11) is 1.63. The lowest BCUT2D eigenvalue weighted by atomic mass is 9.98. The summed E-state index contributed by atoms with van der Waals surface area (Å²) in [6.45, 7) is 5.50. The van der Waals surface area contributed by atoms with E-state index in [1.807, 2.05) is 43.0 Å². The van der Waals surface area contributed by atoms with E-state index in [1.54, 1.807) is 7.05 Å². The first-order valence-electron chi connectivity index (χ1n) is 9.82. The molecule has 30 heavy (non-hydrogen) atoms. The van der Waals surface area contributed by atoms with Gasteiger partial charge >= 0.3 is 6.18 Å². The number of benzene rings is 2. The van der Waals surface area contributed by atoms with Crippen molar-refractivity contribution in [2.75, 3.05) is 36.5 Å². The standard InChI is InChI=1S/C22H24F3N3O2/c1-21(2)13-28(18-8-7-15(22(23,24)25)9-19(18)30-21)17-6-4-5-16(10-17)27-11-14(12-27)20(29)26-3/h4-10,14H,11-13H2,1-3H3,(H,26,29). The Bertz CT molecular complexity index is 968. The van der Waals surface area contributed by atoms with E-state index in [2.05, 4.69) is 10.2 Å². The molecule has 0 aliphatic carbocycles. The van der Waals surface area contributed by atoms with Gasteiger partial charge in [0, 0.05) is 31.5 Å². The molecule has 0 saturated carbocycles. The van der Waals surface area contributed by atoms with Gasteiger partial charge in [-0.2, -0.15) is 13.2 Å². The molecule has 2 aliphatic rings. The molecule has 1 N–H and O–H groups in total. The normalized spacial score (nSPS) is 18.3. The second-order valence-electron chi connectivity index (χ2n) is 8.36. The fourth-order valence-electron chi connectivity index (χ4n) is 3.94. The van der Waals surface area contributed by atoms with Crippen LogP contribution in [0.1, 0.15) is 19.4 Å². The number of rotatable bonds is 3. The van der Waals surface area contributed by atoms with Crippen molar-refractivity contribution in [3.05, 3.63) is 48.0 Å². The Kier molecular flexibility index (Phi) is 4.83. The first-order chi connectivity index (χ1) is 14.1. The summed E-state index contributed by atoms with van der Waals surface area (Å²) in [5.41, 5.74) is 1.06. The van der Waals surface area contributed by atoms with Crippen molar-refractivity contribution in [1.82, 2.24) is 5.32 Å². The summed E-state index contributed by atoms with van der Waals surface area (Å²) in [6, 6.07) is 11.4. The lowest BCUT2D eigenvalue weighted by Gasteiger charge is -2.42. The third-order valence-electron chi connectivity index (χ3n) is 5.51. The van der Waals surface area contributed by atoms with Gasteiger partial charge in [-0.3, -0.25) is 4.79 Å². The molecule has 1 amide bonds. The minimum Gasteiger partial charge on any atom is -0.484 e. The number of anilines is 3. The van der Waals surface area contributed by atoms with Gasteiger partial charge in [-0.1, -0.05) is 6.07 Å². The van der Waals surface area contributed by atoms with E-state index in [1.165, 1.54) is 6.07 Å². The predicted octanol–water partition coefficient (Wildman–Crippen LogP) is 4.20. The quantitative estimate of drug-likeness (QED) is 0.810. The molecule has 0 bridgehead atoms. The second-order valence-corrected chi connectivity index (χ2v) is 8.36. The number of amides is 1. The predicted molar refractivity (Wildman–Crippen MR) is 109 cm³/mol. The fraction of sp³-hybridized carbons (Fsp3) is 0.409. The molecule has 2 aromatic rings. The van der Waals surface area contributed by atoms with Crippen LogP contribution in [-0.2, 0) is 11.0 Å². The van der Waals surface area contributed by atoms with Crippen molar-refractivity contribution >= 4 is 23.0 Å². The highest BCUT2D eigenvalue weighted by atomic mass is 19.4. The van der Waals surface area contributed by atoms with Crippen LogP contribution in [0, 0.1) is 5.92 Å². The minimum absolute atomic E-state index is 0.0255. The van der Waals surface area contributed by atoms with E-state index in [0.29, 0.717) is 25.3 Å². The van der Waals surface area contributed by atoms with Crippen LogP contribution in [0.15, 0.2) is 42.5 Å². The Morgan fingerprint density at radius 1 is 1.13 bits per heavy atom. The van der Waals surface area contributed by atoms with Crippen LogP contribution in [0.4, 0.5) is 30.2 Å². The molecule has 4 rings (SSSR count). The molecule has 0 radical (unpaired) electrons. The average molecular weight is 419 g/mol. The van der Waals surface area contributed by atoms with Crippen molar-refractivity contribution < 1.29 is 22.7 Å². The number of ether oxygens (including phenoxy) is 1. The van der Waals surface area contributed by atoms with Gasteiger partial charge in [0.05, 0.1) is 23.7 Å². The largest absolute Gasteiger partial charge is 0.484 e. The number of nitrogens with one attached hydrogen (secondary N) is 1. The third-order valence-corrected chi connectivity index (χ3v) is 5.51. The number of nitrogens with zero attached hydrogens (tertiary/aromatic N) is 2. The highest BCUT2D eigenvalue weighted by Gasteiger charge is 2.37. The Labute approximate surface area is 173 Å². The SMILES string of the molecule is CNC(=O)C1CN(c2cccc(N3CC(C)(C)Oc4cc(C(F)(F)F)ccc43)c2)C1. The van der Waals surface area contributed by atoms with E-state index < -0.39 is 17.3 Å². The summed E-state index contributed by atoms with van der Waals surface area (Å²) in [5, 5.41) is 2.67. The smallest absolute Gasteiger partial charge is 0.416 e. The van der Waals surface area contributed by atoms with Gasteiger partial charge in [-0.05, 0) is 50.2 Å². The summed E-state index contributed by atoms with van der Waals surface area (Å²) >= 11 is 0. The summed E-state index contributed by atoms with van der Waals surface area (Å²) < 4.78 is 45.4. The molecule has 160 valence electrons. The molecule has 5 nitrogen and oxygen atoms in total. The van der Waals surface area contributed by atoms with E-state index in [-0.39, 0.29) is 17.6 Å². The third kappa shape index (κ3) is 3.78. The maximum Gasteiger partial charge on any atom is 0.416 e. The zero-order chi connectivity index (χ0) is 21.7. The first kappa shape index (κ1) is 20.4. The van der Waals surface area contributed by atoms with Gasteiger partial charge in [0.25, 0.3) is 0 Å². The summed E-state index contributed by atoms with van der Waals surface area (Å²) in [5.74, 6) is 0.226. The van der Waals surface area contributed by atoms with Crippen LogP contribution in [0.2, 0.25) is 0 Å². The molecular formula is C22H24F3N3O2. The molecule has 0 spiro atoms. The Hall–Kier alpha value is -2.90. The van der Waals surface area contributed by atoms with Gasteiger partial charge < -0.3 is 19.9 Å². The van der Waals surface area contributed by atoms with Crippen molar-refractivity contribution in [2.24, 2.45) is 5.92 Å². The number of hydrogen-bond acceptors (Lipinski definition) is 4. The van der Waals surface area contributed by atoms with Crippen molar-refractivity contribution in [3.63, 3.8) is 0 Å². The molecule has 2 heterocycles. The van der Waals surface area contributed by atoms with Crippen LogP contribution in [0.3, 0.4) is 0 Å². The van der Waals surface area contributed by atoms with Gasteiger partial charge in [0.15, 0.2) is 0 Å². The first-order valence-corrected chi connectivity index (χ1v) is 9.82. The number of hydrogen-bond donors (Lipinski definition) is 1. The van der Waals surface area contributed by atoms with Crippen molar-refractivity contribution in [2.45, 2.75) is 25.6 Å². The average Bonchev–Trinajstić information content (AvgIpc) is 2.64. The van der Waals surface area contributed by atoms with E-state index >= 15 is 0 Å². The van der Waals surface area contributed by atoms with Crippen LogP contribution < -0.4 is 19.9 Å². The zero-order valence-corrected chi connectivity index (χ0v) is 17.1. The zero-order valence-electron chi connectivity index (χ0n) is 17.1. The molecule has 1 saturated heterocycles. The van der Waals surface area contributed by atoms with Crippen LogP contribution in [-0.4, -0.2) is 38.2 Å². The van der Waals surface area contributed by atoms with E-state index in [9.17, 15) is 18.0 Å². The van der Waals surface area contributed by atoms with Gasteiger partial charge in [-0.15, -0.1) is 0 Å². The molecule has 2 aromatic carbocycles. The lowest BCUT2D eigenvalue weighted by Crippen LogP contribution is -2.53. The van der Waals surface area contributed by atoms with Crippen molar-refractivity contribution in [1.29, 1.82) is 0 Å². The molecule has 0 unspecified atom stereocenters. The monoisotopic (exact) mass is 419 g/mol. The van der Waals surface area contributed by atoms with Gasteiger partial charge in [0.2, 0.25) is 5.91 Å². The number of halogens is 3. The molecule has 8 heteroatoms. The maximum absolute atomic E-state index is 13.2. The number of alkyl halides is 3. The van der Waals surface area contributed by atoms with Crippen LogP contribution >= 0.6 is 0 Å². The maximum atomic E-state index is 13.2. The Balaban J connectivity index is 1.64. The highest BCUT2D eigenvalue weighted by molar-refractivity contribution is 5.82. The van der Waals surface area contributed by atoms with Crippen LogP contribution in [0.25, 0.3) is 0 Å². The van der Waals surface area contributed by atoms with E-state index in [4.69, 9.17) is 4.74 Å². The molecule has 2 aliphatic heterocycles. The minimum atomic E-state index is -4.43. The van der Waals surface area contributed by atoms with Gasteiger partial charge in [-0.25, -0.2) is 0 Å². The summed E-state index contributed by atoms with van der Waals surface area (Å²) in [6.07, 6.45) is -4.43. The number of carbonyl (C=O) groups is 1. The van der Waals surface area contributed by atoms with E-state index in [0.717, 1.165) is 23.5 Å².